The normalized spacial score (nSPS) is 13.1. The summed E-state index contributed by atoms with van der Waals surface area (Å²) in [5.41, 5.74) is 0.383. The fourth-order valence-corrected chi connectivity index (χ4v) is 5.96. The summed E-state index contributed by atoms with van der Waals surface area (Å²) >= 11 is 0. The van der Waals surface area contributed by atoms with E-state index in [0.717, 1.165) is 10.8 Å². The van der Waals surface area contributed by atoms with Crippen LogP contribution in [0.25, 0.3) is 21.7 Å². The van der Waals surface area contributed by atoms with Crippen LogP contribution in [0.3, 0.4) is 0 Å². The quantitative estimate of drug-likeness (QED) is 0.333. The molecule has 34 heavy (non-hydrogen) atoms. The van der Waals surface area contributed by atoms with Crippen LogP contribution in [-0.4, -0.2) is 42.5 Å². The van der Waals surface area contributed by atoms with E-state index in [-0.39, 0.29) is 17.0 Å². The first-order valence-corrected chi connectivity index (χ1v) is 12.8. The molecule has 0 N–H and O–H groups in total. The van der Waals surface area contributed by atoms with E-state index < -0.39 is 16.1 Å². The number of hydrogen-bond donors (Lipinski definition) is 0. The third-order valence-electron chi connectivity index (χ3n) is 6.07. The molecule has 0 aliphatic heterocycles. The number of methoxy groups -OCH3 is 1. The molecule has 8 heteroatoms. The van der Waals surface area contributed by atoms with E-state index in [2.05, 4.69) is 0 Å². The molecular formula is C26H29N3O4S. The van der Waals surface area contributed by atoms with Crippen molar-refractivity contribution >= 4 is 31.7 Å². The SMILES string of the molecule is CCn1c(C(C)N(CCCOC)S(=O)(=O)c2ccc3ccccc3c2)nc2ccccc2c1=O. The smallest absolute Gasteiger partial charge is 0.261 e. The average molecular weight is 480 g/mol. The highest BCUT2D eigenvalue weighted by molar-refractivity contribution is 7.89. The number of ether oxygens (including phenoxy) is 1. The van der Waals surface area contributed by atoms with Crippen molar-refractivity contribution in [1.82, 2.24) is 13.9 Å². The Morgan fingerprint density at radius 3 is 2.47 bits per heavy atom. The Labute approximate surface area is 199 Å². The van der Waals surface area contributed by atoms with Crippen LogP contribution in [0.1, 0.15) is 32.1 Å². The van der Waals surface area contributed by atoms with Gasteiger partial charge in [-0.3, -0.25) is 9.36 Å². The van der Waals surface area contributed by atoms with E-state index >= 15 is 0 Å². The lowest BCUT2D eigenvalue weighted by Gasteiger charge is -2.29. The number of sulfonamides is 1. The highest BCUT2D eigenvalue weighted by Crippen LogP contribution is 2.29. The second kappa shape index (κ2) is 10.0. The van der Waals surface area contributed by atoms with Gasteiger partial charge in [0.15, 0.2) is 0 Å². The van der Waals surface area contributed by atoms with Gasteiger partial charge in [-0.2, -0.15) is 4.31 Å². The summed E-state index contributed by atoms with van der Waals surface area (Å²) in [6, 6.07) is 19.3. The zero-order chi connectivity index (χ0) is 24.3. The second-order valence-corrected chi connectivity index (χ2v) is 10.1. The van der Waals surface area contributed by atoms with Crippen molar-refractivity contribution in [3.05, 3.63) is 82.9 Å². The van der Waals surface area contributed by atoms with E-state index in [1.807, 2.05) is 43.3 Å². The summed E-state index contributed by atoms with van der Waals surface area (Å²) in [4.78, 5) is 18.1. The maximum absolute atomic E-state index is 13.9. The van der Waals surface area contributed by atoms with Crippen LogP contribution in [0, 0.1) is 0 Å². The van der Waals surface area contributed by atoms with Crippen molar-refractivity contribution in [2.75, 3.05) is 20.3 Å². The molecule has 178 valence electrons. The number of para-hydroxylation sites is 1. The minimum atomic E-state index is -3.89. The van der Waals surface area contributed by atoms with E-state index in [0.29, 0.717) is 36.3 Å². The van der Waals surface area contributed by atoms with Gasteiger partial charge in [-0.1, -0.05) is 42.5 Å². The first kappa shape index (κ1) is 24.1. The Morgan fingerprint density at radius 2 is 1.74 bits per heavy atom. The summed E-state index contributed by atoms with van der Waals surface area (Å²) in [7, 11) is -2.30. The summed E-state index contributed by atoms with van der Waals surface area (Å²) < 4.78 is 36.0. The molecule has 0 bridgehead atoms. The Balaban J connectivity index is 1.84. The van der Waals surface area contributed by atoms with Gasteiger partial charge in [0.25, 0.3) is 5.56 Å². The predicted octanol–water partition coefficient (Wildman–Crippen LogP) is 4.36. The Morgan fingerprint density at radius 1 is 1.03 bits per heavy atom. The molecule has 1 atom stereocenters. The van der Waals surface area contributed by atoms with Gasteiger partial charge in [-0.15, -0.1) is 0 Å². The van der Waals surface area contributed by atoms with Gasteiger partial charge in [-0.25, -0.2) is 13.4 Å². The standard InChI is InChI=1S/C26H29N3O4S/c1-4-28-25(27-24-13-8-7-12-23(24)26(28)30)19(2)29(16-9-17-33-3)34(31,32)22-15-14-20-10-5-6-11-21(20)18-22/h5-8,10-15,18-19H,4,9,16-17H2,1-3H3. The lowest BCUT2D eigenvalue weighted by Crippen LogP contribution is -2.38. The second-order valence-electron chi connectivity index (χ2n) is 8.18. The fraction of sp³-hybridized carbons (Fsp3) is 0.308. The third-order valence-corrected chi connectivity index (χ3v) is 8.03. The summed E-state index contributed by atoms with van der Waals surface area (Å²) in [5.74, 6) is 0.424. The van der Waals surface area contributed by atoms with Gasteiger partial charge >= 0.3 is 0 Å². The number of hydrogen-bond acceptors (Lipinski definition) is 5. The van der Waals surface area contributed by atoms with Crippen LogP contribution < -0.4 is 5.56 Å². The van der Waals surface area contributed by atoms with Gasteiger partial charge < -0.3 is 4.74 Å². The van der Waals surface area contributed by atoms with E-state index in [1.165, 1.54) is 4.31 Å². The van der Waals surface area contributed by atoms with Crippen molar-refractivity contribution < 1.29 is 13.2 Å². The van der Waals surface area contributed by atoms with Gasteiger partial charge in [0.1, 0.15) is 5.82 Å². The summed E-state index contributed by atoms with van der Waals surface area (Å²) in [6.07, 6.45) is 0.511. The molecule has 0 saturated carbocycles. The molecule has 0 spiro atoms. The molecule has 4 aromatic rings. The maximum atomic E-state index is 13.9. The zero-order valence-electron chi connectivity index (χ0n) is 19.6. The van der Waals surface area contributed by atoms with Crippen LogP contribution in [0.5, 0.6) is 0 Å². The van der Waals surface area contributed by atoms with Crippen molar-refractivity contribution in [3.8, 4) is 0 Å². The molecule has 0 saturated heterocycles. The van der Waals surface area contributed by atoms with Gasteiger partial charge in [0.2, 0.25) is 10.0 Å². The van der Waals surface area contributed by atoms with E-state index in [1.54, 1.807) is 48.9 Å². The van der Waals surface area contributed by atoms with Gasteiger partial charge in [0.05, 0.1) is 21.8 Å². The molecule has 3 aromatic carbocycles. The lowest BCUT2D eigenvalue weighted by molar-refractivity contribution is 0.181. The van der Waals surface area contributed by atoms with E-state index in [4.69, 9.17) is 9.72 Å². The van der Waals surface area contributed by atoms with Crippen molar-refractivity contribution in [1.29, 1.82) is 0 Å². The lowest BCUT2D eigenvalue weighted by atomic mass is 10.1. The maximum Gasteiger partial charge on any atom is 0.261 e. The minimum absolute atomic E-state index is 0.171. The molecule has 7 nitrogen and oxygen atoms in total. The molecule has 0 fully saturated rings. The average Bonchev–Trinajstić information content (AvgIpc) is 2.85. The van der Waals surface area contributed by atoms with Crippen molar-refractivity contribution in [2.24, 2.45) is 0 Å². The summed E-state index contributed by atoms with van der Waals surface area (Å²) in [6.45, 7) is 4.69. The van der Waals surface area contributed by atoms with Crippen molar-refractivity contribution in [3.63, 3.8) is 0 Å². The minimum Gasteiger partial charge on any atom is -0.385 e. The molecule has 4 rings (SSSR count). The largest absolute Gasteiger partial charge is 0.385 e. The number of rotatable bonds is 9. The van der Waals surface area contributed by atoms with E-state index in [9.17, 15) is 13.2 Å². The number of benzene rings is 3. The highest BCUT2D eigenvalue weighted by atomic mass is 32.2. The molecule has 0 radical (unpaired) electrons. The molecular weight excluding hydrogens is 450 g/mol. The zero-order valence-corrected chi connectivity index (χ0v) is 20.5. The third kappa shape index (κ3) is 4.49. The predicted molar refractivity (Wildman–Crippen MR) is 134 cm³/mol. The first-order valence-electron chi connectivity index (χ1n) is 11.4. The molecule has 1 unspecified atom stereocenters. The van der Waals surface area contributed by atoms with Crippen LogP contribution in [0.2, 0.25) is 0 Å². The van der Waals surface area contributed by atoms with Crippen LogP contribution >= 0.6 is 0 Å². The summed E-state index contributed by atoms with van der Waals surface area (Å²) in [5, 5.41) is 2.34. The van der Waals surface area contributed by atoms with Crippen LogP contribution in [0.15, 0.2) is 76.4 Å². The first-order chi connectivity index (χ1) is 16.4. The monoisotopic (exact) mass is 479 g/mol. The Kier molecular flexibility index (Phi) is 7.11. The molecule has 1 heterocycles. The molecule has 1 aromatic heterocycles. The van der Waals surface area contributed by atoms with Gasteiger partial charge in [-0.05, 0) is 55.3 Å². The number of aromatic nitrogens is 2. The number of nitrogens with zero attached hydrogens (tertiary/aromatic N) is 3. The van der Waals surface area contributed by atoms with Crippen molar-refractivity contribution in [2.45, 2.75) is 37.8 Å². The molecule has 0 aliphatic rings. The van der Waals surface area contributed by atoms with Gasteiger partial charge in [0, 0.05) is 26.8 Å². The molecule has 0 amide bonds. The Hall–Kier alpha value is -3.07. The van der Waals surface area contributed by atoms with Crippen LogP contribution in [-0.2, 0) is 21.3 Å². The number of fused-ring (bicyclic) bond motifs is 2. The Bertz CT molecular complexity index is 1480. The highest BCUT2D eigenvalue weighted by Gasteiger charge is 2.32. The molecule has 0 aliphatic carbocycles. The van der Waals surface area contributed by atoms with Crippen LogP contribution in [0.4, 0.5) is 0 Å². The fourth-order valence-electron chi connectivity index (χ4n) is 4.29. The topological polar surface area (TPSA) is 81.5 Å².